The van der Waals surface area contributed by atoms with Crippen molar-refractivity contribution in [3.05, 3.63) is 135 Å². The molecule has 204 valence electrons. The lowest BCUT2D eigenvalue weighted by molar-refractivity contribution is -0.146. The molecule has 3 amide bonds. The number of carbonyl (C=O) groups is 3. The normalized spacial score (nSPS) is 26.3. The molecule has 3 aliphatic carbocycles. The maximum absolute atomic E-state index is 14.5. The summed E-state index contributed by atoms with van der Waals surface area (Å²) in [5, 5.41) is 2.91. The van der Waals surface area contributed by atoms with Crippen molar-refractivity contribution in [1.82, 2.24) is 4.90 Å². The van der Waals surface area contributed by atoms with E-state index in [0.717, 1.165) is 37.2 Å². The maximum atomic E-state index is 14.5. The zero-order valence-corrected chi connectivity index (χ0v) is 24.7. The van der Waals surface area contributed by atoms with Crippen LogP contribution in [0, 0.1) is 11.8 Å². The highest BCUT2D eigenvalue weighted by Gasteiger charge is 2.73. The van der Waals surface area contributed by atoms with Crippen molar-refractivity contribution >= 4 is 62.5 Å². The van der Waals surface area contributed by atoms with Crippen molar-refractivity contribution < 1.29 is 14.4 Å². The molecule has 1 saturated heterocycles. The Morgan fingerprint density at radius 1 is 0.732 bits per heavy atom. The minimum absolute atomic E-state index is 0.143. The predicted octanol–water partition coefficient (Wildman–Crippen LogP) is 6.59. The van der Waals surface area contributed by atoms with E-state index < -0.39 is 45.3 Å². The minimum Gasteiger partial charge on any atom is -0.324 e. The van der Waals surface area contributed by atoms with E-state index >= 15 is 0 Å². The van der Waals surface area contributed by atoms with Crippen LogP contribution in [0.1, 0.15) is 27.8 Å². The first-order valence-electron chi connectivity index (χ1n) is 13.3. The number of hydrogen-bond acceptors (Lipinski definition) is 3. The summed E-state index contributed by atoms with van der Waals surface area (Å²) in [6, 6.07) is 30.4. The number of nitrogens with one attached hydrogen (secondary N) is 1. The van der Waals surface area contributed by atoms with E-state index in [0.29, 0.717) is 5.69 Å². The number of hydrogen-bond donors (Lipinski definition) is 1. The molecule has 3 atom stereocenters. The van der Waals surface area contributed by atoms with Gasteiger partial charge >= 0.3 is 0 Å². The summed E-state index contributed by atoms with van der Waals surface area (Å²) in [6.07, 6.45) is 0.143. The van der Waals surface area contributed by atoms with Gasteiger partial charge in [-0.2, -0.15) is 0 Å². The molecule has 1 fully saturated rings. The zero-order valence-electron chi connectivity index (χ0n) is 21.6. The topological polar surface area (TPSA) is 66.5 Å². The summed E-state index contributed by atoms with van der Waals surface area (Å²) >= 11 is 18.6. The number of anilines is 1. The monoisotopic (exact) mass is 644 g/mol. The molecule has 0 saturated carbocycles. The van der Waals surface area contributed by atoms with E-state index in [1.54, 1.807) is 12.1 Å². The summed E-state index contributed by atoms with van der Waals surface area (Å²) in [4.78, 5) is 41.5. The first-order valence-corrected chi connectivity index (χ1v) is 14.9. The van der Waals surface area contributed by atoms with Crippen LogP contribution in [0.15, 0.2) is 108 Å². The number of carbonyl (C=O) groups excluding carboxylic acids is 3. The summed E-state index contributed by atoms with van der Waals surface area (Å²) < 4.78 is 0.861. The quantitative estimate of drug-likeness (QED) is 0.197. The van der Waals surface area contributed by atoms with Gasteiger partial charge < -0.3 is 5.32 Å². The molecular formula is C33H23BrCl2N2O3. The van der Waals surface area contributed by atoms with Crippen LogP contribution in [0.4, 0.5) is 5.69 Å². The second kappa shape index (κ2) is 9.55. The Bertz CT molecular complexity index is 1600. The van der Waals surface area contributed by atoms with Gasteiger partial charge in [-0.15, -0.1) is 23.2 Å². The SMILES string of the molecule is O=C(Nc1ccc(Br)cc1)[C@@H](Cc1ccccc1)N1C(=O)[C@@H]2[C@H](C1=O)C1(Cl)c3ccccc3C2(Cl)c2ccccc21. The standard InChI is InChI=1S/C33H23BrCl2N2O3/c34-20-14-16-21(17-15-20)37-29(39)26(18-19-8-2-1-3-9-19)38-30(40)27-28(31(38)41)33(36)23-11-5-4-10-22(23)32(27,35)24-12-6-7-13-25(24)33/h1-17,26-28H,18H2,(H,37,39)/t26-,27-,28+,32?,33?/m1/s1. The molecule has 8 rings (SSSR count). The Balaban J connectivity index is 1.36. The van der Waals surface area contributed by atoms with Crippen molar-refractivity contribution in [3.63, 3.8) is 0 Å². The molecule has 41 heavy (non-hydrogen) atoms. The van der Waals surface area contributed by atoms with Crippen molar-refractivity contribution in [2.24, 2.45) is 11.8 Å². The smallest absolute Gasteiger partial charge is 0.248 e. The number of amides is 3. The first kappa shape index (κ1) is 26.4. The van der Waals surface area contributed by atoms with E-state index in [9.17, 15) is 14.4 Å². The number of likely N-dealkylation sites (tertiary alicyclic amines) is 1. The third-order valence-corrected chi connectivity index (χ3v) is 10.4. The van der Waals surface area contributed by atoms with E-state index in [1.165, 1.54) is 0 Å². The number of alkyl halides is 2. The van der Waals surface area contributed by atoms with Gasteiger partial charge in [-0.25, -0.2) is 0 Å². The summed E-state index contributed by atoms with van der Waals surface area (Å²) in [5.41, 5.74) is 4.25. The van der Waals surface area contributed by atoms with Gasteiger partial charge in [0.25, 0.3) is 0 Å². The van der Waals surface area contributed by atoms with Gasteiger partial charge in [-0.05, 0) is 52.1 Å². The van der Waals surface area contributed by atoms with E-state index in [4.69, 9.17) is 23.2 Å². The van der Waals surface area contributed by atoms with Crippen molar-refractivity contribution in [1.29, 1.82) is 0 Å². The molecule has 4 aliphatic rings. The van der Waals surface area contributed by atoms with Crippen LogP contribution < -0.4 is 5.32 Å². The Kier molecular flexibility index (Phi) is 6.16. The lowest BCUT2D eigenvalue weighted by atomic mass is 9.54. The van der Waals surface area contributed by atoms with Gasteiger partial charge in [0, 0.05) is 16.6 Å². The van der Waals surface area contributed by atoms with E-state index in [-0.39, 0.29) is 6.42 Å². The first-order chi connectivity index (χ1) is 19.8. The van der Waals surface area contributed by atoms with Crippen molar-refractivity contribution in [2.45, 2.75) is 22.2 Å². The third-order valence-electron chi connectivity index (χ3n) is 8.62. The molecule has 2 bridgehead atoms. The van der Waals surface area contributed by atoms with Crippen LogP contribution >= 0.6 is 39.1 Å². The minimum atomic E-state index is -1.31. The molecule has 0 spiro atoms. The van der Waals surface area contributed by atoms with Crippen LogP contribution in [0.3, 0.4) is 0 Å². The number of nitrogens with zero attached hydrogens (tertiary/aromatic N) is 1. The van der Waals surface area contributed by atoms with Crippen LogP contribution in [-0.2, 0) is 30.6 Å². The summed E-state index contributed by atoms with van der Waals surface area (Å²) in [6.45, 7) is 0. The molecule has 1 N–H and O–H groups in total. The van der Waals surface area contributed by atoms with Crippen molar-refractivity contribution in [3.8, 4) is 0 Å². The maximum Gasteiger partial charge on any atom is 0.248 e. The molecule has 0 radical (unpaired) electrons. The van der Waals surface area contributed by atoms with Crippen molar-refractivity contribution in [2.75, 3.05) is 5.32 Å². The number of rotatable bonds is 5. The average Bonchev–Trinajstić information content (AvgIpc) is 3.27. The molecule has 1 aliphatic heterocycles. The summed E-state index contributed by atoms with van der Waals surface area (Å²) in [7, 11) is 0. The van der Waals surface area contributed by atoms with E-state index in [1.807, 2.05) is 91.0 Å². The molecule has 1 heterocycles. The van der Waals surface area contributed by atoms with Crippen LogP contribution in [0.5, 0.6) is 0 Å². The van der Waals surface area contributed by atoms with Gasteiger partial charge in [-0.1, -0.05) is 94.8 Å². The molecule has 8 heteroatoms. The molecule has 5 nitrogen and oxygen atoms in total. The van der Waals surface area contributed by atoms with Crippen LogP contribution in [0.2, 0.25) is 0 Å². The fourth-order valence-electron chi connectivity index (χ4n) is 6.89. The molecule has 4 aromatic carbocycles. The summed E-state index contributed by atoms with van der Waals surface area (Å²) in [5.74, 6) is -3.39. The van der Waals surface area contributed by atoms with Gasteiger partial charge in [0.15, 0.2) is 0 Å². The fraction of sp³-hybridized carbons (Fsp3) is 0.182. The molecule has 0 unspecified atom stereocenters. The highest BCUT2D eigenvalue weighted by atomic mass is 79.9. The van der Waals surface area contributed by atoms with E-state index in [2.05, 4.69) is 21.2 Å². The Labute approximate surface area is 255 Å². The van der Waals surface area contributed by atoms with Gasteiger partial charge in [-0.3, -0.25) is 19.3 Å². The molecule has 4 aromatic rings. The lowest BCUT2D eigenvalue weighted by Gasteiger charge is -2.54. The second-order valence-corrected chi connectivity index (χ2v) is 12.8. The van der Waals surface area contributed by atoms with Gasteiger partial charge in [0.1, 0.15) is 15.8 Å². The Hall–Kier alpha value is -3.45. The molecule has 0 aromatic heterocycles. The van der Waals surface area contributed by atoms with Gasteiger partial charge in [0.05, 0.1) is 11.8 Å². The average molecular weight is 646 g/mol. The number of benzene rings is 4. The largest absolute Gasteiger partial charge is 0.324 e. The van der Waals surface area contributed by atoms with Gasteiger partial charge in [0.2, 0.25) is 17.7 Å². The number of halogens is 3. The van der Waals surface area contributed by atoms with Crippen LogP contribution in [0.25, 0.3) is 0 Å². The Morgan fingerprint density at radius 3 is 1.63 bits per heavy atom. The highest BCUT2D eigenvalue weighted by molar-refractivity contribution is 9.10. The second-order valence-electron chi connectivity index (χ2n) is 10.7. The predicted molar refractivity (Wildman–Crippen MR) is 162 cm³/mol. The zero-order chi connectivity index (χ0) is 28.5. The number of imide groups is 1. The third kappa shape index (κ3) is 3.70. The lowest BCUT2D eigenvalue weighted by Crippen LogP contribution is -2.57. The fourth-order valence-corrected chi connectivity index (χ4v) is 8.26. The highest BCUT2D eigenvalue weighted by Crippen LogP contribution is 2.69. The Morgan fingerprint density at radius 2 is 1.17 bits per heavy atom. The van der Waals surface area contributed by atoms with Crippen LogP contribution in [-0.4, -0.2) is 28.7 Å². The molecular weight excluding hydrogens is 623 g/mol.